The second-order valence-corrected chi connectivity index (χ2v) is 4.30. The predicted octanol–water partition coefficient (Wildman–Crippen LogP) is 1.78. The van der Waals surface area contributed by atoms with Crippen LogP contribution in [0.2, 0.25) is 0 Å². The van der Waals surface area contributed by atoms with Crippen LogP contribution >= 0.6 is 0 Å². The van der Waals surface area contributed by atoms with Crippen molar-refractivity contribution in [3.63, 3.8) is 0 Å². The number of hydrogen-bond acceptors (Lipinski definition) is 2. The summed E-state index contributed by atoms with van der Waals surface area (Å²) in [5.74, 6) is 0.332. The maximum Gasteiger partial charge on any atom is 0.223 e. The SMILES string of the molecule is CCCCNCCC(=O)N1CCCCC1. The molecule has 1 aliphatic rings. The Morgan fingerprint density at radius 3 is 2.60 bits per heavy atom. The van der Waals surface area contributed by atoms with Gasteiger partial charge in [0, 0.05) is 26.1 Å². The van der Waals surface area contributed by atoms with Gasteiger partial charge >= 0.3 is 0 Å². The summed E-state index contributed by atoms with van der Waals surface area (Å²) in [7, 11) is 0. The first kappa shape index (κ1) is 12.5. The minimum atomic E-state index is 0.332. The summed E-state index contributed by atoms with van der Waals surface area (Å²) in [6.45, 7) is 6.03. The summed E-state index contributed by atoms with van der Waals surface area (Å²) in [5, 5.41) is 3.31. The van der Waals surface area contributed by atoms with E-state index in [1.165, 1.54) is 32.1 Å². The zero-order valence-corrected chi connectivity index (χ0v) is 9.93. The molecule has 88 valence electrons. The monoisotopic (exact) mass is 212 g/mol. The van der Waals surface area contributed by atoms with Crippen molar-refractivity contribution < 1.29 is 4.79 Å². The van der Waals surface area contributed by atoms with Crippen molar-refractivity contribution in [2.75, 3.05) is 26.2 Å². The van der Waals surface area contributed by atoms with Crippen LogP contribution in [0, 0.1) is 0 Å². The Labute approximate surface area is 93.2 Å². The molecule has 0 unspecified atom stereocenters. The Hall–Kier alpha value is -0.570. The molecule has 1 fully saturated rings. The zero-order chi connectivity index (χ0) is 10.9. The Kier molecular flexibility index (Phi) is 6.41. The fraction of sp³-hybridized carbons (Fsp3) is 0.917. The van der Waals surface area contributed by atoms with Gasteiger partial charge in [0.2, 0.25) is 5.91 Å². The second-order valence-electron chi connectivity index (χ2n) is 4.30. The lowest BCUT2D eigenvalue weighted by atomic mass is 10.1. The van der Waals surface area contributed by atoms with Crippen molar-refractivity contribution in [1.82, 2.24) is 10.2 Å². The molecule has 0 atom stereocenters. The summed E-state index contributed by atoms with van der Waals surface area (Å²) in [6, 6.07) is 0. The molecule has 1 amide bonds. The molecule has 1 rings (SSSR count). The van der Waals surface area contributed by atoms with Crippen molar-refractivity contribution in [2.24, 2.45) is 0 Å². The molecule has 1 saturated heterocycles. The minimum absolute atomic E-state index is 0.332. The third-order valence-corrected chi connectivity index (χ3v) is 2.93. The number of hydrogen-bond donors (Lipinski definition) is 1. The van der Waals surface area contributed by atoms with Crippen molar-refractivity contribution in [2.45, 2.75) is 45.4 Å². The topological polar surface area (TPSA) is 32.3 Å². The Morgan fingerprint density at radius 1 is 1.20 bits per heavy atom. The van der Waals surface area contributed by atoms with Gasteiger partial charge in [-0.1, -0.05) is 13.3 Å². The van der Waals surface area contributed by atoms with Crippen LogP contribution in [0.25, 0.3) is 0 Å². The first-order chi connectivity index (χ1) is 7.34. The molecule has 1 N–H and O–H groups in total. The number of nitrogens with one attached hydrogen (secondary N) is 1. The summed E-state index contributed by atoms with van der Waals surface area (Å²) >= 11 is 0. The minimum Gasteiger partial charge on any atom is -0.343 e. The lowest BCUT2D eigenvalue weighted by molar-refractivity contribution is -0.131. The van der Waals surface area contributed by atoms with Crippen molar-refractivity contribution in [3.8, 4) is 0 Å². The van der Waals surface area contributed by atoms with Crippen LogP contribution in [-0.4, -0.2) is 37.0 Å². The molecule has 0 saturated carbocycles. The smallest absolute Gasteiger partial charge is 0.223 e. The maximum atomic E-state index is 11.7. The number of unbranched alkanes of at least 4 members (excludes halogenated alkanes) is 1. The average Bonchev–Trinajstić information content (AvgIpc) is 2.30. The molecular weight excluding hydrogens is 188 g/mol. The fourth-order valence-electron chi connectivity index (χ4n) is 1.92. The lowest BCUT2D eigenvalue weighted by Gasteiger charge is -2.26. The van der Waals surface area contributed by atoms with Crippen molar-refractivity contribution >= 4 is 5.91 Å². The molecule has 15 heavy (non-hydrogen) atoms. The number of nitrogens with zero attached hydrogens (tertiary/aromatic N) is 1. The highest BCUT2D eigenvalue weighted by Gasteiger charge is 2.15. The zero-order valence-electron chi connectivity index (χ0n) is 9.93. The van der Waals surface area contributed by atoms with E-state index in [1.54, 1.807) is 0 Å². The van der Waals surface area contributed by atoms with Crippen molar-refractivity contribution in [1.29, 1.82) is 0 Å². The number of carbonyl (C=O) groups is 1. The molecule has 0 spiro atoms. The van der Waals surface area contributed by atoms with Gasteiger partial charge in [-0.05, 0) is 32.2 Å². The van der Waals surface area contributed by atoms with Gasteiger partial charge < -0.3 is 10.2 Å². The van der Waals surface area contributed by atoms with Gasteiger partial charge in [-0.2, -0.15) is 0 Å². The van der Waals surface area contributed by atoms with Crippen LogP contribution < -0.4 is 5.32 Å². The Bertz CT molecular complexity index is 176. The molecule has 0 aromatic carbocycles. The largest absolute Gasteiger partial charge is 0.343 e. The normalized spacial score (nSPS) is 16.7. The van der Waals surface area contributed by atoms with E-state index < -0.39 is 0 Å². The molecule has 0 aliphatic carbocycles. The van der Waals surface area contributed by atoms with Crippen molar-refractivity contribution in [3.05, 3.63) is 0 Å². The Balaban J connectivity index is 2.02. The average molecular weight is 212 g/mol. The van der Waals surface area contributed by atoms with E-state index in [1.807, 2.05) is 4.90 Å². The first-order valence-electron chi connectivity index (χ1n) is 6.33. The molecule has 3 nitrogen and oxygen atoms in total. The third-order valence-electron chi connectivity index (χ3n) is 2.93. The van der Waals surface area contributed by atoms with E-state index in [0.29, 0.717) is 12.3 Å². The Morgan fingerprint density at radius 2 is 1.93 bits per heavy atom. The van der Waals surface area contributed by atoms with E-state index in [4.69, 9.17) is 0 Å². The standard InChI is InChI=1S/C12H24N2O/c1-2-3-8-13-9-7-12(15)14-10-5-4-6-11-14/h13H,2-11H2,1H3. The molecule has 0 aromatic heterocycles. The molecule has 0 radical (unpaired) electrons. The van der Waals surface area contributed by atoms with E-state index >= 15 is 0 Å². The third kappa shape index (κ3) is 5.17. The number of rotatable bonds is 6. The fourth-order valence-corrected chi connectivity index (χ4v) is 1.92. The van der Waals surface area contributed by atoms with E-state index in [-0.39, 0.29) is 0 Å². The number of amides is 1. The highest BCUT2D eigenvalue weighted by Crippen LogP contribution is 2.09. The molecule has 3 heteroatoms. The molecular formula is C12H24N2O. The number of likely N-dealkylation sites (tertiary alicyclic amines) is 1. The highest BCUT2D eigenvalue weighted by molar-refractivity contribution is 5.76. The number of piperidine rings is 1. The van der Waals surface area contributed by atoms with Gasteiger partial charge in [-0.15, -0.1) is 0 Å². The lowest BCUT2D eigenvalue weighted by Crippen LogP contribution is -2.37. The van der Waals surface area contributed by atoms with Gasteiger partial charge in [-0.3, -0.25) is 4.79 Å². The predicted molar refractivity (Wildman–Crippen MR) is 62.8 cm³/mol. The second kappa shape index (κ2) is 7.69. The number of carbonyl (C=O) groups excluding carboxylic acids is 1. The van der Waals surface area contributed by atoms with Crippen LogP contribution in [0.15, 0.2) is 0 Å². The van der Waals surface area contributed by atoms with E-state index in [9.17, 15) is 4.79 Å². The van der Waals surface area contributed by atoms with Crippen LogP contribution in [0.1, 0.15) is 45.4 Å². The molecule has 0 bridgehead atoms. The van der Waals surface area contributed by atoms with Gasteiger partial charge in [-0.25, -0.2) is 0 Å². The van der Waals surface area contributed by atoms with E-state index in [2.05, 4.69) is 12.2 Å². The van der Waals surface area contributed by atoms with Gasteiger partial charge in [0.15, 0.2) is 0 Å². The molecule has 1 heterocycles. The quantitative estimate of drug-likeness (QED) is 0.681. The van der Waals surface area contributed by atoms with Crippen LogP contribution in [-0.2, 0) is 4.79 Å². The van der Waals surface area contributed by atoms with Gasteiger partial charge in [0.25, 0.3) is 0 Å². The van der Waals surface area contributed by atoms with Crippen LogP contribution in [0.5, 0.6) is 0 Å². The highest BCUT2D eigenvalue weighted by atomic mass is 16.2. The summed E-state index contributed by atoms with van der Waals surface area (Å²) < 4.78 is 0. The van der Waals surface area contributed by atoms with Gasteiger partial charge in [0.1, 0.15) is 0 Å². The summed E-state index contributed by atoms with van der Waals surface area (Å²) in [6.07, 6.45) is 6.76. The van der Waals surface area contributed by atoms with Crippen LogP contribution in [0.3, 0.4) is 0 Å². The summed E-state index contributed by atoms with van der Waals surface area (Å²) in [5.41, 5.74) is 0. The molecule has 0 aromatic rings. The maximum absolute atomic E-state index is 11.7. The van der Waals surface area contributed by atoms with Crippen LogP contribution in [0.4, 0.5) is 0 Å². The van der Waals surface area contributed by atoms with Gasteiger partial charge in [0.05, 0.1) is 0 Å². The summed E-state index contributed by atoms with van der Waals surface area (Å²) in [4.78, 5) is 13.7. The molecule has 1 aliphatic heterocycles. The first-order valence-corrected chi connectivity index (χ1v) is 6.33. The van der Waals surface area contributed by atoms with E-state index in [0.717, 1.165) is 26.2 Å².